The van der Waals surface area contributed by atoms with Crippen molar-refractivity contribution in [2.45, 2.75) is 0 Å². The number of pyridine rings is 1. The fourth-order valence-corrected chi connectivity index (χ4v) is 1.95. The Hall–Kier alpha value is -2.41. The van der Waals surface area contributed by atoms with E-state index in [1.807, 2.05) is 0 Å². The lowest BCUT2D eigenvalue weighted by atomic mass is 10.1. The molecule has 0 radical (unpaired) electrons. The normalized spacial score (nSPS) is 10.1. The summed E-state index contributed by atoms with van der Waals surface area (Å²) >= 11 is 3.20. The number of carbonyl (C=O) groups is 2. The minimum Gasteiger partial charge on any atom is -0.478 e. The molecule has 0 atom stereocenters. The third-order valence-corrected chi connectivity index (χ3v) is 2.99. The molecule has 1 aromatic carbocycles. The summed E-state index contributed by atoms with van der Waals surface area (Å²) in [6.07, 6.45) is 1.34. The Balaban J connectivity index is 2.34. The average Bonchev–Trinajstić information content (AvgIpc) is 2.38. The molecular weight excluding hydrogens is 328 g/mol. The van der Waals surface area contributed by atoms with Gasteiger partial charge in [-0.1, -0.05) is 15.9 Å². The van der Waals surface area contributed by atoms with Crippen LogP contribution in [0.4, 0.5) is 5.69 Å². The van der Waals surface area contributed by atoms with E-state index < -0.39 is 17.4 Å². The lowest BCUT2D eigenvalue weighted by Gasteiger charge is -2.08. The van der Waals surface area contributed by atoms with Crippen LogP contribution in [0.15, 0.2) is 45.8 Å². The van der Waals surface area contributed by atoms with Crippen molar-refractivity contribution in [3.05, 3.63) is 62.5 Å². The fourth-order valence-electron chi connectivity index (χ4n) is 1.59. The van der Waals surface area contributed by atoms with Gasteiger partial charge in [0, 0.05) is 22.3 Å². The summed E-state index contributed by atoms with van der Waals surface area (Å²) in [6, 6.07) is 6.98. The van der Waals surface area contributed by atoms with E-state index in [2.05, 4.69) is 26.2 Å². The Bertz CT molecular complexity index is 739. The summed E-state index contributed by atoms with van der Waals surface area (Å²) in [6.45, 7) is 0. The number of carboxylic acid groups (broad SMARTS) is 1. The van der Waals surface area contributed by atoms with Crippen LogP contribution in [0, 0.1) is 0 Å². The highest BCUT2D eigenvalue weighted by molar-refractivity contribution is 9.10. The van der Waals surface area contributed by atoms with E-state index in [1.54, 1.807) is 6.07 Å². The van der Waals surface area contributed by atoms with Crippen molar-refractivity contribution >= 4 is 33.5 Å². The SMILES string of the molecule is O=C(Nc1cc(Br)ccc1C(=O)O)c1cc[nH]c(=O)c1. The monoisotopic (exact) mass is 336 g/mol. The van der Waals surface area contributed by atoms with Gasteiger partial charge in [0.05, 0.1) is 11.3 Å². The van der Waals surface area contributed by atoms with Gasteiger partial charge in [-0.25, -0.2) is 4.79 Å². The second-order valence-electron chi connectivity index (χ2n) is 3.89. The Kier molecular flexibility index (Phi) is 3.99. The average molecular weight is 337 g/mol. The Labute approximate surface area is 121 Å². The quantitative estimate of drug-likeness (QED) is 0.798. The lowest BCUT2D eigenvalue weighted by molar-refractivity contribution is 0.0698. The first-order chi connectivity index (χ1) is 9.47. The number of carbonyl (C=O) groups excluding carboxylic acids is 1. The summed E-state index contributed by atoms with van der Waals surface area (Å²) < 4.78 is 0.628. The van der Waals surface area contributed by atoms with Gasteiger partial charge in [-0.2, -0.15) is 0 Å². The number of nitrogens with one attached hydrogen (secondary N) is 2. The van der Waals surface area contributed by atoms with Gasteiger partial charge in [0.25, 0.3) is 5.91 Å². The van der Waals surface area contributed by atoms with Gasteiger partial charge in [0.2, 0.25) is 5.56 Å². The van der Waals surface area contributed by atoms with Crippen molar-refractivity contribution in [2.75, 3.05) is 5.32 Å². The molecule has 0 saturated heterocycles. The van der Waals surface area contributed by atoms with Gasteiger partial charge in [-0.15, -0.1) is 0 Å². The van der Waals surface area contributed by atoms with Crippen LogP contribution in [0.5, 0.6) is 0 Å². The molecule has 0 saturated carbocycles. The summed E-state index contributed by atoms with van der Waals surface area (Å²) in [5.41, 5.74) is -0.154. The number of hydrogen-bond acceptors (Lipinski definition) is 3. The molecule has 3 N–H and O–H groups in total. The van der Waals surface area contributed by atoms with Gasteiger partial charge in [-0.3, -0.25) is 9.59 Å². The first-order valence-corrected chi connectivity index (χ1v) is 6.29. The molecule has 0 aliphatic heterocycles. The van der Waals surface area contributed by atoms with Gasteiger partial charge in [0.15, 0.2) is 0 Å². The first kappa shape index (κ1) is 14.0. The molecule has 1 aromatic heterocycles. The second kappa shape index (κ2) is 5.70. The lowest BCUT2D eigenvalue weighted by Crippen LogP contribution is -2.17. The molecule has 1 heterocycles. The van der Waals surface area contributed by atoms with Crippen molar-refractivity contribution in [1.82, 2.24) is 4.98 Å². The minimum atomic E-state index is -1.15. The Morgan fingerprint density at radius 1 is 1.20 bits per heavy atom. The molecule has 2 aromatic rings. The fraction of sp³-hybridized carbons (Fsp3) is 0. The predicted molar refractivity (Wildman–Crippen MR) is 76.1 cm³/mol. The number of aromatic amines is 1. The zero-order valence-corrected chi connectivity index (χ0v) is 11.6. The molecule has 0 aliphatic carbocycles. The summed E-state index contributed by atoms with van der Waals surface area (Å²) in [5, 5.41) is 11.5. The van der Waals surface area contributed by atoms with Gasteiger partial charge in [0.1, 0.15) is 0 Å². The van der Waals surface area contributed by atoms with E-state index in [0.29, 0.717) is 4.47 Å². The van der Waals surface area contributed by atoms with Crippen molar-refractivity contribution in [3.63, 3.8) is 0 Å². The molecule has 20 heavy (non-hydrogen) atoms. The molecule has 1 amide bonds. The molecular formula is C13H9BrN2O4. The number of aromatic nitrogens is 1. The molecule has 7 heteroatoms. The highest BCUT2D eigenvalue weighted by Crippen LogP contribution is 2.22. The number of carboxylic acids is 1. The molecule has 2 rings (SSSR count). The number of hydrogen-bond donors (Lipinski definition) is 3. The van der Waals surface area contributed by atoms with Gasteiger partial charge >= 0.3 is 5.97 Å². The summed E-state index contributed by atoms with van der Waals surface area (Å²) in [5.74, 6) is -1.71. The van der Waals surface area contributed by atoms with Crippen molar-refractivity contribution in [2.24, 2.45) is 0 Å². The number of H-pyrrole nitrogens is 1. The number of anilines is 1. The van der Waals surface area contributed by atoms with Gasteiger partial charge < -0.3 is 15.4 Å². The molecule has 102 valence electrons. The van der Waals surface area contributed by atoms with E-state index in [0.717, 1.165) is 6.07 Å². The van der Waals surface area contributed by atoms with Crippen LogP contribution < -0.4 is 10.9 Å². The number of aromatic carboxylic acids is 1. The maximum absolute atomic E-state index is 12.0. The Morgan fingerprint density at radius 3 is 2.60 bits per heavy atom. The van der Waals surface area contributed by atoms with Crippen LogP contribution >= 0.6 is 15.9 Å². The third kappa shape index (κ3) is 3.12. The number of halogens is 1. The van der Waals surface area contributed by atoms with Crippen LogP contribution in [0.25, 0.3) is 0 Å². The molecule has 6 nitrogen and oxygen atoms in total. The zero-order valence-electron chi connectivity index (χ0n) is 10.0. The maximum atomic E-state index is 12.0. The zero-order chi connectivity index (χ0) is 14.7. The van der Waals surface area contributed by atoms with Crippen molar-refractivity contribution in [1.29, 1.82) is 0 Å². The predicted octanol–water partition coefficient (Wildman–Crippen LogP) is 2.09. The summed E-state index contributed by atoms with van der Waals surface area (Å²) in [7, 11) is 0. The topological polar surface area (TPSA) is 99.3 Å². The third-order valence-electron chi connectivity index (χ3n) is 2.50. The Morgan fingerprint density at radius 2 is 1.95 bits per heavy atom. The molecule has 0 bridgehead atoms. The molecule has 0 aliphatic rings. The second-order valence-corrected chi connectivity index (χ2v) is 4.81. The highest BCUT2D eigenvalue weighted by atomic mass is 79.9. The minimum absolute atomic E-state index is 0.0357. The van der Waals surface area contributed by atoms with Crippen LogP contribution in [-0.2, 0) is 0 Å². The van der Waals surface area contributed by atoms with Crippen LogP contribution in [0.2, 0.25) is 0 Å². The standard InChI is InChI=1S/C13H9BrN2O4/c14-8-1-2-9(13(19)20)10(6-8)16-12(18)7-3-4-15-11(17)5-7/h1-6H,(H,15,17)(H,16,18)(H,19,20). The van der Waals surface area contributed by atoms with E-state index in [1.165, 1.54) is 24.4 Å². The van der Waals surface area contributed by atoms with E-state index in [4.69, 9.17) is 5.11 Å². The van der Waals surface area contributed by atoms with Crippen molar-refractivity contribution in [3.8, 4) is 0 Å². The molecule has 0 unspecified atom stereocenters. The van der Waals surface area contributed by atoms with E-state index >= 15 is 0 Å². The van der Waals surface area contributed by atoms with E-state index in [9.17, 15) is 14.4 Å². The first-order valence-electron chi connectivity index (χ1n) is 5.50. The maximum Gasteiger partial charge on any atom is 0.337 e. The van der Waals surface area contributed by atoms with Crippen LogP contribution in [-0.4, -0.2) is 22.0 Å². The van der Waals surface area contributed by atoms with Gasteiger partial charge in [-0.05, 0) is 24.3 Å². The number of benzene rings is 1. The number of amides is 1. The van der Waals surface area contributed by atoms with Crippen LogP contribution in [0.1, 0.15) is 20.7 Å². The highest BCUT2D eigenvalue weighted by Gasteiger charge is 2.14. The summed E-state index contributed by atoms with van der Waals surface area (Å²) in [4.78, 5) is 36.6. The molecule has 0 fully saturated rings. The van der Waals surface area contributed by atoms with E-state index in [-0.39, 0.29) is 16.8 Å². The van der Waals surface area contributed by atoms with Crippen molar-refractivity contribution < 1.29 is 14.7 Å². The molecule has 0 spiro atoms. The van der Waals surface area contributed by atoms with Crippen LogP contribution in [0.3, 0.4) is 0 Å². The largest absolute Gasteiger partial charge is 0.478 e. The smallest absolute Gasteiger partial charge is 0.337 e. The number of rotatable bonds is 3.